The number of nitrogens with zero attached hydrogens (tertiary/aromatic N) is 2. The topological polar surface area (TPSA) is 63.0 Å². The van der Waals surface area contributed by atoms with E-state index < -0.39 is 17.6 Å². The normalized spacial score (nSPS) is 11.6. The maximum absolute atomic E-state index is 13.0. The van der Waals surface area contributed by atoms with Gasteiger partial charge in [0.15, 0.2) is 0 Å². The number of methoxy groups -OCH3 is 1. The van der Waals surface area contributed by atoms with Crippen molar-refractivity contribution in [2.24, 2.45) is 0 Å². The number of carbonyl (C=O) groups is 2. The second-order valence-corrected chi connectivity index (χ2v) is 7.42. The Bertz CT molecular complexity index is 876. The Balaban J connectivity index is 2.16. The van der Waals surface area contributed by atoms with E-state index in [1.165, 1.54) is 16.9 Å². The largest absolute Gasteiger partial charge is 0.464 e. The van der Waals surface area contributed by atoms with Crippen molar-refractivity contribution in [3.05, 3.63) is 59.0 Å². The molecule has 9 heteroatoms. The predicted octanol–water partition coefficient (Wildman–Crippen LogP) is 4.13. The van der Waals surface area contributed by atoms with E-state index >= 15 is 0 Å². The van der Waals surface area contributed by atoms with Gasteiger partial charge >= 0.3 is 6.18 Å². The molecule has 31 heavy (non-hydrogen) atoms. The number of amides is 2. The number of furan rings is 1. The fourth-order valence-electron chi connectivity index (χ4n) is 2.95. The van der Waals surface area contributed by atoms with E-state index in [2.05, 4.69) is 0 Å². The summed E-state index contributed by atoms with van der Waals surface area (Å²) in [5, 5.41) is 0. The summed E-state index contributed by atoms with van der Waals surface area (Å²) < 4.78 is 49.0. The minimum Gasteiger partial charge on any atom is -0.464 e. The molecule has 0 aliphatic heterocycles. The van der Waals surface area contributed by atoms with Crippen molar-refractivity contribution < 1.29 is 31.9 Å². The van der Waals surface area contributed by atoms with Gasteiger partial charge in [0.05, 0.1) is 18.7 Å². The first kappa shape index (κ1) is 24.5. The summed E-state index contributed by atoms with van der Waals surface area (Å²) in [6.45, 7) is 5.89. The Kier molecular flexibility index (Phi) is 8.27. The third-order valence-corrected chi connectivity index (χ3v) is 4.71. The SMILES string of the molecule is COCCN(Cc1ccc(C)o1)C(=O)CN(C(=O)c1ccc(C(F)(F)F)cc1)C(C)C. The lowest BCUT2D eigenvalue weighted by Crippen LogP contribution is -2.46. The highest BCUT2D eigenvalue weighted by Crippen LogP contribution is 2.29. The van der Waals surface area contributed by atoms with Crippen molar-refractivity contribution in [3.8, 4) is 0 Å². The molecule has 2 amide bonds. The number of hydrogen-bond acceptors (Lipinski definition) is 4. The lowest BCUT2D eigenvalue weighted by atomic mass is 10.1. The van der Waals surface area contributed by atoms with Crippen LogP contribution in [0.15, 0.2) is 40.8 Å². The highest BCUT2D eigenvalue weighted by Gasteiger charge is 2.31. The van der Waals surface area contributed by atoms with Gasteiger partial charge in [0.25, 0.3) is 5.91 Å². The van der Waals surface area contributed by atoms with Crippen molar-refractivity contribution in [2.75, 3.05) is 26.8 Å². The van der Waals surface area contributed by atoms with Gasteiger partial charge in [-0.15, -0.1) is 0 Å². The average molecular weight is 440 g/mol. The molecule has 0 aliphatic carbocycles. The van der Waals surface area contributed by atoms with E-state index in [1.807, 2.05) is 0 Å². The number of alkyl halides is 3. The number of benzene rings is 1. The molecule has 0 fully saturated rings. The van der Waals surface area contributed by atoms with Crippen LogP contribution in [0.25, 0.3) is 0 Å². The summed E-state index contributed by atoms with van der Waals surface area (Å²) in [6.07, 6.45) is -4.48. The van der Waals surface area contributed by atoms with E-state index in [-0.39, 0.29) is 30.6 Å². The predicted molar refractivity (Wildman–Crippen MR) is 108 cm³/mol. The highest BCUT2D eigenvalue weighted by atomic mass is 19.4. The number of halogens is 3. The molecule has 170 valence electrons. The van der Waals surface area contributed by atoms with Crippen LogP contribution in [0.1, 0.15) is 41.3 Å². The fourth-order valence-corrected chi connectivity index (χ4v) is 2.95. The molecule has 0 atom stereocenters. The summed E-state index contributed by atoms with van der Waals surface area (Å²) in [6, 6.07) is 7.20. The van der Waals surface area contributed by atoms with Crippen LogP contribution >= 0.6 is 0 Å². The lowest BCUT2D eigenvalue weighted by molar-refractivity contribution is -0.137. The van der Waals surface area contributed by atoms with Crippen molar-refractivity contribution in [2.45, 2.75) is 39.5 Å². The maximum Gasteiger partial charge on any atom is 0.416 e. The van der Waals surface area contributed by atoms with Crippen LogP contribution in [-0.4, -0.2) is 54.5 Å². The smallest absolute Gasteiger partial charge is 0.416 e. The quantitative estimate of drug-likeness (QED) is 0.588. The zero-order valence-electron chi connectivity index (χ0n) is 18.0. The molecule has 0 N–H and O–H groups in total. The third-order valence-electron chi connectivity index (χ3n) is 4.71. The molecule has 1 aromatic carbocycles. The van der Waals surface area contributed by atoms with E-state index in [0.717, 1.165) is 30.0 Å². The van der Waals surface area contributed by atoms with Gasteiger partial charge in [-0.1, -0.05) is 0 Å². The van der Waals surface area contributed by atoms with Gasteiger partial charge in [-0.25, -0.2) is 0 Å². The van der Waals surface area contributed by atoms with E-state index in [0.29, 0.717) is 18.9 Å². The van der Waals surface area contributed by atoms with Crippen molar-refractivity contribution in [1.29, 1.82) is 0 Å². The van der Waals surface area contributed by atoms with Crippen molar-refractivity contribution in [3.63, 3.8) is 0 Å². The molecular weight excluding hydrogens is 413 g/mol. The summed E-state index contributed by atoms with van der Waals surface area (Å²) in [4.78, 5) is 28.8. The van der Waals surface area contributed by atoms with Gasteiger partial charge in [-0.3, -0.25) is 9.59 Å². The van der Waals surface area contributed by atoms with E-state index in [4.69, 9.17) is 9.15 Å². The molecule has 0 radical (unpaired) electrons. The van der Waals surface area contributed by atoms with Gasteiger partial charge in [0.1, 0.15) is 18.1 Å². The van der Waals surface area contributed by atoms with E-state index in [9.17, 15) is 22.8 Å². The van der Waals surface area contributed by atoms with Crippen LogP contribution in [0.5, 0.6) is 0 Å². The van der Waals surface area contributed by atoms with E-state index in [1.54, 1.807) is 32.9 Å². The Labute approximate surface area is 179 Å². The van der Waals surface area contributed by atoms with Crippen LogP contribution in [0.4, 0.5) is 13.2 Å². The first-order valence-corrected chi connectivity index (χ1v) is 9.83. The van der Waals surface area contributed by atoms with Gasteiger partial charge in [0.2, 0.25) is 5.91 Å². The first-order valence-electron chi connectivity index (χ1n) is 9.83. The molecule has 0 saturated heterocycles. The Hall–Kier alpha value is -2.81. The average Bonchev–Trinajstić information content (AvgIpc) is 3.12. The van der Waals surface area contributed by atoms with Gasteiger partial charge in [-0.2, -0.15) is 13.2 Å². The standard InChI is InChI=1S/C22H27F3N2O4/c1-15(2)27(21(29)17-6-8-18(9-7-17)22(23,24)25)14-20(28)26(11-12-30-4)13-19-10-5-16(3)31-19/h5-10,15H,11-14H2,1-4H3. The van der Waals surface area contributed by atoms with Crippen LogP contribution in [0.2, 0.25) is 0 Å². The van der Waals surface area contributed by atoms with Crippen molar-refractivity contribution in [1.82, 2.24) is 9.80 Å². The van der Waals surface area contributed by atoms with Gasteiger partial charge < -0.3 is 19.0 Å². The van der Waals surface area contributed by atoms with Crippen LogP contribution in [0.3, 0.4) is 0 Å². The van der Waals surface area contributed by atoms with Crippen molar-refractivity contribution >= 4 is 11.8 Å². The zero-order valence-corrected chi connectivity index (χ0v) is 18.0. The third kappa shape index (κ3) is 6.85. The lowest BCUT2D eigenvalue weighted by Gasteiger charge is -2.30. The van der Waals surface area contributed by atoms with Crippen LogP contribution in [0, 0.1) is 6.92 Å². The van der Waals surface area contributed by atoms with Gasteiger partial charge in [0, 0.05) is 25.3 Å². The number of aryl methyl sites for hydroxylation is 1. The molecule has 6 nitrogen and oxygen atoms in total. The Morgan fingerprint density at radius 2 is 1.74 bits per heavy atom. The van der Waals surface area contributed by atoms with Crippen LogP contribution < -0.4 is 0 Å². The fraction of sp³-hybridized carbons (Fsp3) is 0.455. The molecular formula is C22H27F3N2O4. The Morgan fingerprint density at radius 1 is 1.10 bits per heavy atom. The summed E-state index contributed by atoms with van der Waals surface area (Å²) >= 11 is 0. The molecule has 0 unspecified atom stereocenters. The Morgan fingerprint density at radius 3 is 2.23 bits per heavy atom. The molecule has 0 bridgehead atoms. The number of carbonyl (C=O) groups excluding carboxylic acids is 2. The second-order valence-electron chi connectivity index (χ2n) is 7.42. The summed E-state index contributed by atoms with van der Waals surface area (Å²) in [7, 11) is 1.52. The summed E-state index contributed by atoms with van der Waals surface area (Å²) in [5.74, 6) is 0.486. The molecule has 0 spiro atoms. The van der Waals surface area contributed by atoms with Gasteiger partial charge in [-0.05, 0) is 57.2 Å². The highest BCUT2D eigenvalue weighted by molar-refractivity contribution is 5.96. The number of ether oxygens (including phenoxy) is 1. The zero-order chi connectivity index (χ0) is 23.2. The molecule has 1 aromatic heterocycles. The number of rotatable bonds is 9. The minimum absolute atomic E-state index is 0.0830. The number of hydrogen-bond donors (Lipinski definition) is 0. The van der Waals surface area contributed by atoms with Crippen LogP contribution in [-0.2, 0) is 22.3 Å². The first-order chi connectivity index (χ1) is 14.5. The monoisotopic (exact) mass is 440 g/mol. The molecule has 2 aromatic rings. The molecule has 0 saturated carbocycles. The molecule has 2 rings (SSSR count). The molecule has 0 aliphatic rings. The summed E-state index contributed by atoms with van der Waals surface area (Å²) in [5.41, 5.74) is -0.754. The minimum atomic E-state index is -4.48. The molecule has 1 heterocycles. The second kappa shape index (κ2) is 10.5. The maximum atomic E-state index is 13.0.